The number of phenols is 1. The van der Waals surface area contributed by atoms with Gasteiger partial charge in [0.25, 0.3) is 0 Å². The molecule has 4 heteroatoms. The van der Waals surface area contributed by atoms with Crippen molar-refractivity contribution in [3.63, 3.8) is 0 Å². The number of carbonyl (C=O) groups excluding carboxylic acids is 1. The van der Waals surface area contributed by atoms with Gasteiger partial charge in [0, 0.05) is 28.8 Å². The van der Waals surface area contributed by atoms with Crippen molar-refractivity contribution in [1.29, 1.82) is 0 Å². The summed E-state index contributed by atoms with van der Waals surface area (Å²) in [4.78, 5) is 12.7. The van der Waals surface area contributed by atoms with Crippen LogP contribution in [-0.4, -0.2) is 17.2 Å². The number of hydrogen-bond donors (Lipinski definition) is 3. The molecule has 4 aromatic rings. The molecule has 0 aliphatic heterocycles. The van der Waals surface area contributed by atoms with Gasteiger partial charge in [0.15, 0.2) is 0 Å². The average Bonchev–Trinajstić information content (AvgIpc) is 3.60. The molecule has 4 nitrogen and oxygen atoms in total. The van der Waals surface area contributed by atoms with Gasteiger partial charge in [-0.05, 0) is 35.2 Å². The zero-order chi connectivity index (χ0) is 21.9. The monoisotopic (exact) mass is 420 g/mol. The molecule has 32 heavy (non-hydrogen) atoms. The molecule has 4 aromatic carbocycles. The van der Waals surface area contributed by atoms with Crippen LogP contribution in [0.25, 0.3) is 22.3 Å². The second-order valence-corrected chi connectivity index (χ2v) is 8.11. The summed E-state index contributed by atoms with van der Waals surface area (Å²) in [6.07, 6.45) is 0.942. The van der Waals surface area contributed by atoms with Crippen LogP contribution < -0.4 is 10.6 Å². The Kier molecular flexibility index (Phi) is 5.34. The number of amides is 2. The van der Waals surface area contributed by atoms with Gasteiger partial charge in [0.1, 0.15) is 5.75 Å². The number of aromatic hydroxyl groups is 1. The summed E-state index contributed by atoms with van der Waals surface area (Å²) in [6.45, 7) is 0. The van der Waals surface area contributed by atoms with Crippen LogP contribution in [0, 0.1) is 0 Å². The number of urea groups is 1. The second kappa shape index (κ2) is 8.60. The molecule has 3 N–H and O–H groups in total. The summed E-state index contributed by atoms with van der Waals surface area (Å²) in [7, 11) is 0. The lowest BCUT2D eigenvalue weighted by molar-refractivity contribution is 0.251. The summed E-state index contributed by atoms with van der Waals surface area (Å²) in [5, 5.41) is 17.1. The number of benzene rings is 4. The smallest absolute Gasteiger partial charge is 0.319 e. The first kappa shape index (κ1) is 19.9. The number of nitrogens with one attached hydrogen (secondary N) is 2. The minimum Gasteiger partial charge on any atom is -0.507 e. The zero-order valence-corrected chi connectivity index (χ0v) is 17.5. The van der Waals surface area contributed by atoms with Crippen LogP contribution in [-0.2, 0) is 0 Å². The highest BCUT2D eigenvalue weighted by Gasteiger charge is 2.39. The summed E-state index contributed by atoms with van der Waals surface area (Å²) in [5.74, 6) is 0.557. The van der Waals surface area contributed by atoms with Gasteiger partial charge in [-0.1, -0.05) is 91.0 Å². The van der Waals surface area contributed by atoms with E-state index in [2.05, 4.69) is 22.8 Å². The van der Waals surface area contributed by atoms with E-state index in [9.17, 15) is 9.90 Å². The molecule has 0 heterocycles. The van der Waals surface area contributed by atoms with Crippen molar-refractivity contribution in [1.82, 2.24) is 5.32 Å². The normalized spacial score (nSPS) is 16.9. The molecule has 1 aliphatic rings. The van der Waals surface area contributed by atoms with Crippen LogP contribution in [0.4, 0.5) is 10.5 Å². The fourth-order valence-electron chi connectivity index (χ4n) is 4.14. The first-order valence-corrected chi connectivity index (χ1v) is 10.8. The quantitative estimate of drug-likeness (QED) is 0.327. The van der Waals surface area contributed by atoms with Crippen molar-refractivity contribution < 1.29 is 9.90 Å². The van der Waals surface area contributed by atoms with E-state index in [4.69, 9.17) is 0 Å². The maximum absolute atomic E-state index is 12.7. The van der Waals surface area contributed by atoms with Crippen LogP contribution in [0.1, 0.15) is 17.9 Å². The van der Waals surface area contributed by atoms with Gasteiger partial charge in [-0.15, -0.1) is 0 Å². The SMILES string of the molecule is O=C(Nc1cc(-c2ccccc2)c(O)c(-c2ccccc2)c1)NC1CC1c1ccccc1. The minimum atomic E-state index is -0.239. The van der Waals surface area contributed by atoms with E-state index in [1.807, 2.05) is 91.0 Å². The number of rotatable bonds is 5. The Balaban J connectivity index is 1.40. The van der Waals surface area contributed by atoms with Gasteiger partial charge in [-0.25, -0.2) is 4.79 Å². The molecule has 0 radical (unpaired) electrons. The number of anilines is 1. The van der Waals surface area contributed by atoms with Crippen LogP contribution in [0.5, 0.6) is 5.75 Å². The maximum Gasteiger partial charge on any atom is 0.319 e. The molecule has 5 rings (SSSR count). The molecule has 1 aliphatic carbocycles. The molecule has 0 bridgehead atoms. The third-order valence-electron chi connectivity index (χ3n) is 5.87. The lowest BCUT2D eigenvalue weighted by Gasteiger charge is -2.15. The Labute approximate surface area is 187 Å². The van der Waals surface area contributed by atoms with Crippen molar-refractivity contribution in [2.75, 3.05) is 5.32 Å². The number of phenolic OH excluding ortho intramolecular Hbond substituents is 1. The van der Waals surface area contributed by atoms with Crippen molar-refractivity contribution in [3.8, 4) is 28.0 Å². The summed E-state index contributed by atoms with van der Waals surface area (Å²) < 4.78 is 0. The Morgan fingerprint density at radius 1 is 0.750 bits per heavy atom. The van der Waals surface area contributed by atoms with Gasteiger partial charge in [0.2, 0.25) is 0 Å². The highest BCUT2D eigenvalue weighted by molar-refractivity contribution is 5.94. The lowest BCUT2D eigenvalue weighted by Crippen LogP contribution is -2.31. The summed E-state index contributed by atoms with van der Waals surface area (Å²) >= 11 is 0. The fraction of sp³-hybridized carbons (Fsp3) is 0.107. The molecule has 2 unspecified atom stereocenters. The molecular weight excluding hydrogens is 396 g/mol. The highest BCUT2D eigenvalue weighted by Crippen LogP contribution is 2.42. The predicted molar refractivity (Wildman–Crippen MR) is 129 cm³/mol. The summed E-state index contributed by atoms with van der Waals surface area (Å²) in [6, 6.07) is 33.2. The van der Waals surface area contributed by atoms with Gasteiger partial charge in [-0.2, -0.15) is 0 Å². The largest absolute Gasteiger partial charge is 0.507 e. The van der Waals surface area contributed by atoms with E-state index in [1.165, 1.54) is 5.56 Å². The average molecular weight is 421 g/mol. The molecule has 2 atom stereocenters. The molecule has 2 amide bonds. The van der Waals surface area contributed by atoms with E-state index in [0.29, 0.717) is 22.7 Å². The predicted octanol–water partition coefficient (Wildman–Crippen LogP) is 6.40. The van der Waals surface area contributed by atoms with Gasteiger partial charge >= 0.3 is 6.03 Å². The van der Waals surface area contributed by atoms with E-state index in [-0.39, 0.29) is 17.8 Å². The third-order valence-corrected chi connectivity index (χ3v) is 5.87. The van der Waals surface area contributed by atoms with Crippen molar-refractivity contribution in [2.24, 2.45) is 0 Å². The third kappa shape index (κ3) is 4.21. The number of carbonyl (C=O) groups is 1. The molecule has 1 fully saturated rings. The molecule has 158 valence electrons. The van der Waals surface area contributed by atoms with Gasteiger partial charge in [0.05, 0.1) is 0 Å². The number of hydrogen-bond acceptors (Lipinski definition) is 2. The van der Waals surface area contributed by atoms with Gasteiger partial charge in [-0.3, -0.25) is 0 Å². The topological polar surface area (TPSA) is 61.4 Å². The highest BCUT2D eigenvalue weighted by atomic mass is 16.3. The first-order valence-electron chi connectivity index (χ1n) is 10.8. The fourth-order valence-corrected chi connectivity index (χ4v) is 4.14. The Morgan fingerprint density at radius 2 is 1.25 bits per heavy atom. The van der Waals surface area contributed by atoms with Gasteiger partial charge < -0.3 is 15.7 Å². The van der Waals surface area contributed by atoms with E-state index in [0.717, 1.165) is 17.5 Å². The Morgan fingerprint density at radius 3 is 1.78 bits per heavy atom. The van der Waals surface area contributed by atoms with E-state index >= 15 is 0 Å². The summed E-state index contributed by atoms with van der Waals surface area (Å²) in [5.41, 5.74) is 5.01. The molecule has 0 aromatic heterocycles. The molecule has 0 saturated heterocycles. The standard InChI is InChI=1S/C28H24N2O2/c31-27-24(20-12-6-2-7-13-20)16-22(17-25(27)21-14-8-3-9-15-21)29-28(32)30-26-18-23(26)19-10-4-1-5-11-19/h1-17,23,26,31H,18H2,(H2,29,30,32). The lowest BCUT2D eigenvalue weighted by atomic mass is 9.96. The minimum absolute atomic E-state index is 0.136. The van der Waals surface area contributed by atoms with Crippen molar-refractivity contribution in [3.05, 3.63) is 109 Å². The van der Waals surface area contributed by atoms with Crippen LogP contribution >= 0.6 is 0 Å². The molecule has 0 spiro atoms. The Hall–Kier alpha value is -4.05. The maximum atomic E-state index is 12.7. The Bertz CT molecular complexity index is 1160. The van der Waals surface area contributed by atoms with E-state index in [1.54, 1.807) is 0 Å². The van der Waals surface area contributed by atoms with Crippen LogP contribution in [0.2, 0.25) is 0 Å². The van der Waals surface area contributed by atoms with Crippen LogP contribution in [0.15, 0.2) is 103 Å². The first-order chi connectivity index (χ1) is 15.7. The molecular formula is C28H24N2O2. The molecule has 1 saturated carbocycles. The van der Waals surface area contributed by atoms with Crippen molar-refractivity contribution >= 4 is 11.7 Å². The van der Waals surface area contributed by atoms with Crippen molar-refractivity contribution in [2.45, 2.75) is 18.4 Å². The zero-order valence-electron chi connectivity index (χ0n) is 17.5. The van der Waals surface area contributed by atoms with E-state index < -0.39 is 0 Å². The van der Waals surface area contributed by atoms with Crippen LogP contribution in [0.3, 0.4) is 0 Å². The second-order valence-electron chi connectivity index (χ2n) is 8.11.